The van der Waals surface area contributed by atoms with Gasteiger partial charge in [0.1, 0.15) is 0 Å². The Morgan fingerprint density at radius 3 is 2.54 bits per heavy atom. The van der Waals surface area contributed by atoms with Crippen molar-refractivity contribution in [1.29, 1.82) is 0 Å². The standard InChI is InChI=1S/C19H24N4O2.HI/c24-18(17-10-7-15-25-17)20-11-12-21-19(23-13-5-2-6-14-23)22-16-8-3-1-4-9-16;/h1,3-4,7-10,15H,2,5-6,11-14H2,(H,20,24)(H,21,22);1H. The van der Waals surface area contributed by atoms with Crippen LogP contribution in [0.2, 0.25) is 0 Å². The summed E-state index contributed by atoms with van der Waals surface area (Å²) in [5, 5.41) is 6.23. The number of anilines is 1. The molecule has 2 N–H and O–H groups in total. The molecule has 7 heteroatoms. The SMILES string of the molecule is I.O=C(NCCN=C(Nc1ccccc1)N1CCCCC1)c1ccco1. The Bertz CT molecular complexity index is 683. The predicted octanol–water partition coefficient (Wildman–Crippen LogP) is 3.58. The van der Waals surface area contributed by atoms with Gasteiger partial charge in [-0.1, -0.05) is 18.2 Å². The first-order chi connectivity index (χ1) is 12.3. The molecule has 0 aliphatic carbocycles. The van der Waals surface area contributed by atoms with Gasteiger partial charge in [-0.25, -0.2) is 0 Å². The first kappa shape index (κ1) is 20.3. The number of likely N-dealkylation sites (tertiary alicyclic amines) is 1. The zero-order valence-electron chi connectivity index (χ0n) is 14.7. The number of benzene rings is 1. The van der Waals surface area contributed by atoms with Gasteiger partial charge >= 0.3 is 0 Å². The summed E-state index contributed by atoms with van der Waals surface area (Å²) < 4.78 is 5.08. The Morgan fingerprint density at radius 2 is 1.85 bits per heavy atom. The second-order valence-electron chi connectivity index (χ2n) is 5.98. The molecule has 1 aromatic heterocycles. The smallest absolute Gasteiger partial charge is 0.287 e. The molecule has 2 aromatic rings. The van der Waals surface area contributed by atoms with Crippen LogP contribution in [0.25, 0.3) is 0 Å². The monoisotopic (exact) mass is 468 g/mol. The van der Waals surface area contributed by atoms with Gasteiger partial charge in [-0.05, 0) is 43.5 Å². The molecule has 1 amide bonds. The zero-order chi connectivity index (χ0) is 17.3. The Hall–Kier alpha value is -2.03. The van der Waals surface area contributed by atoms with E-state index in [2.05, 4.69) is 20.5 Å². The lowest BCUT2D eigenvalue weighted by Crippen LogP contribution is -2.40. The molecule has 140 valence electrons. The lowest BCUT2D eigenvalue weighted by Gasteiger charge is -2.30. The number of hydrogen-bond donors (Lipinski definition) is 2. The van der Waals surface area contributed by atoms with Crippen LogP contribution < -0.4 is 10.6 Å². The van der Waals surface area contributed by atoms with Crippen molar-refractivity contribution in [3.05, 3.63) is 54.5 Å². The summed E-state index contributed by atoms with van der Waals surface area (Å²) in [6.07, 6.45) is 5.13. The fourth-order valence-electron chi connectivity index (χ4n) is 2.80. The van der Waals surface area contributed by atoms with Crippen molar-refractivity contribution in [2.75, 3.05) is 31.5 Å². The van der Waals surface area contributed by atoms with Gasteiger partial charge in [0.2, 0.25) is 0 Å². The number of furan rings is 1. The third kappa shape index (κ3) is 6.05. The van der Waals surface area contributed by atoms with Gasteiger partial charge in [0, 0.05) is 25.3 Å². The number of guanidine groups is 1. The van der Waals surface area contributed by atoms with E-state index >= 15 is 0 Å². The van der Waals surface area contributed by atoms with E-state index in [1.807, 2.05) is 30.3 Å². The van der Waals surface area contributed by atoms with Crippen LogP contribution in [-0.4, -0.2) is 42.9 Å². The molecular weight excluding hydrogens is 443 g/mol. The molecule has 1 fully saturated rings. The lowest BCUT2D eigenvalue weighted by atomic mass is 10.1. The van der Waals surface area contributed by atoms with Crippen LogP contribution >= 0.6 is 24.0 Å². The highest BCUT2D eigenvalue weighted by Gasteiger charge is 2.15. The normalized spacial score (nSPS) is 14.5. The lowest BCUT2D eigenvalue weighted by molar-refractivity contribution is 0.0927. The largest absolute Gasteiger partial charge is 0.459 e. The summed E-state index contributed by atoms with van der Waals surface area (Å²) in [6, 6.07) is 13.4. The minimum Gasteiger partial charge on any atom is -0.459 e. The molecule has 0 atom stereocenters. The van der Waals surface area contributed by atoms with E-state index in [9.17, 15) is 4.79 Å². The molecule has 2 heterocycles. The first-order valence-corrected chi connectivity index (χ1v) is 8.76. The molecule has 0 bridgehead atoms. The van der Waals surface area contributed by atoms with Gasteiger partial charge in [-0.15, -0.1) is 24.0 Å². The van der Waals surface area contributed by atoms with Crippen molar-refractivity contribution < 1.29 is 9.21 Å². The highest BCUT2D eigenvalue weighted by molar-refractivity contribution is 14.0. The van der Waals surface area contributed by atoms with E-state index in [0.717, 1.165) is 24.7 Å². The fraction of sp³-hybridized carbons (Fsp3) is 0.368. The van der Waals surface area contributed by atoms with Gasteiger partial charge in [0.25, 0.3) is 5.91 Å². The molecule has 0 unspecified atom stereocenters. The van der Waals surface area contributed by atoms with Crippen LogP contribution in [0.3, 0.4) is 0 Å². The quantitative estimate of drug-likeness (QED) is 0.305. The molecule has 0 saturated carbocycles. The minimum atomic E-state index is -0.212. The third-order valence-electron chi connectivity index (χ3n) is 4.09. The fourth-order valence-corrected chi connectivity index (χ4v) is 2.80. The van der Waals surface area contributed by atoms with Crippen molar-refractivity contribution in [3.8, 4) is 0 Å². The Kier molecular flexibility index (Phi) is 8.46. The molecular formula is C19H25IN4O2. The van der Waals surface area contributed by atoms with Crippen molar-refractivity contribution >= 4 is 41.5 Å². The summed E-state index contributed by atoms with van der Waals surface area (Å²) in [5.74, 6) is 0.983. The van der Waals surface area contributed by atoms with E-state index in [1.165, 1.54) is 25.5 Å². The predicted molar refractivity (Wildman–Crippen MR) is 114 cm³/mol. The molecule has 0 radical (unpaired) electrons. The minimum absolute atomic E-state index is 0. The van der Waals surface area contributed by atoms with Crippen molar-refractivity contribution in [1.82, 2.24) is 10.2 Å². The van der Waals surface area contributed by atoms with E-state index in [1.54, 1.807) is 12.1 Å². The summed E-state index contributed by atoms with van der Waals surface area (Å²) in [5.41, 5.74) is 1.02. The van der Waals surface area contributed by atoms with Gasteiger partial charge < -0.3 is 20.0 Å². The number of nitrogens with zero attached hydrogens (tertiary/aromatic N) is 2. The molecule has 3 rings (SSSR count). The van der Waals surface area contributed by atoms with Crippen molar-refractivity contribution in [2.24, 2.45) is 4.99 Å². The summed E-state index contributed by atoms with van der Waals surface area (Å²) in [4.78, 5) is 18.8. The number of aliphatic imine (C=N–C) groups is 1. The number of piperidine rings is 1. The van der Waals surface area contributed by atoms with Crippen LogP contribution in [0.4, 0.5) is 5.69 Å². The Morgan fingerprint density at radius 1 is 1.08 bits per heavy atom. The highest BCUT2D eigenvalue weighted by Crippen LogP contribution is 2.12. The zero-order valence-corrected chi connectivity index (χ0v) is 17.0. The highest BCUT2D eigenvalue weighted by atomic mass is 127. The number of para-hydroxylation sites is 1. The van der Waals surface area contributed by atoms with E-state index in [0.29, 0.717) is 18.8 Å². The molecule has 0 spiro atoms. The van der Waals surface area contributed by atoms with Crippen LogP contribution in [0.5, 0.6) is 0 Å². The Labute approximate surface area is 171 Å². The molecule has 1 aliphatic rings. The topological polar surface area (TPSA) is 69.9 Å². The number of amides is 1. The molecule has 1 saturated heterocycles. The third-order valence-corrected chi connectivity index (χ3v) is 4.09. The van der Waals surface area contributed by atoms with Crippen LogP contribution in [0, 0.1) is 0 Å². The summed E-state index contributed by atoms with van der Waals surface area (Å²) in [7, 11) is 0. The second kappa shape index (κ2) is 10.8. The van der Waals surface area contributed by atoms with E-state index in [-0.39, 0.29) is 29.9 Å². The molecule has 1 aromatic carbocycles. The first-order valence-electron chi connectivity index (χ1n) is 8.76. The van der Waals surface area contributed by atoms with Gasteiger partial charge in [0.05, 0.1) is 12.8 Å². The number of nitrogens with one attached hydrogen (secondary N) is 2. The van der Waals surface area contributed by atoms with Gasteiger partial charge in [-0.3, -0.25) is 9.79 Å². The summed E-state index contributed by atoms with van der Waals surface area (Å²) >= 11 is 0. The maximum absolute atomic E-state index is 11.9. The number of rotatable bonds is 5. The average molecular weight is 468 g/mol. The average Bonchev–Trinajstić information content (AvgIpc) is 3.20. The molecule has 26 heavy (non-hydrogen) atoms. The number of carbonyl (C=O) groups is 1. The van der Waals surface area contributed by atoms with Crippen molar-refractivity contribution in [3.63, 3.8) is 0 Å². The number of hydrogen-bond acceptors (Lipinski definition) is 3. The van der Waals surface area contributed by atoms with Gasteiger partial charge in [-0.2, -0.15) is 0 Å². The Balaban J connectivity index is 0.00000243. The van der Waals surface area contributed by atoms with Gasteiger partial charge in [0.15, 0.2) is 11.7 Å². The maximum atomic E-state index is 11.9. The maximum Gasteiger partial charge on any atom is 0.287 e. The van der Waals surface area contributed by atoms with Crippen LogP contribution in [0.1, 0.15) is 29.8 Å². The van der Waals surface area contributed by atoms with Crippen LogP contribution in [-0.2, 0) is 0 Å². The molecule has 6 nitrogen and oxygen atoms in total. The molecule has 1 aliphatic heterocycles. The second-order valence-corrected chi connectivity index (χ2v) is 5.98. The van der Waals surface area contributed by atoms with Crippen LogP contribution in [0.15, 0.2) is 58.1 Å². The van der Waals surface area contributed by atoms with E-state index in [4.69, 9.17) is 4.42 Å². The van der Waals surface area contributed by atoms with Crippen molar-refractivity contribution in [2.45, 2.75) is 19.3 Å². The summed E-state index contributed by atoms with van der Waals surface area (Å²) in [6.45, 7) is 3.00. The number of halogens is 1. The number of carbonyl (C=O) groups excluding carboxylic acids is 1. The van der Waals surface area contributed by atoms with E-state index < -0.39 is 0 Å².